The van der Waals surface area contributed by atoms with Gasteiger partial charge in [0.05, 0.1) is 16.6 Å². The highest BCUT2D eigenvalue weighted by molar-refractivity contribution is 5.85. The summed E-state index contributed by atoms with van der Waals surface area (Å²) in [6.07, 6.45) is 3.19. The third-order valence-corrected chi connectivity index (χ3v) is 4.04. The standard InChI is InChI=1S/C16H20N4O3.2ClH/c1-2-3-4-14(19-7-5-18-6-8-19)13-9-12(11-17)10-15(16(13)21)20(22)23;;/h2,9-10,14,18,21H,1,3-8H2;2*1H/t14-;;/m0../s1. The summed E-state index contributed by atoms with van der Waals surface area (Å²) < 4.78 is 0. The van der Waals surface area contributed by atoms with Gasteiger partial charge in [-0.25, -0.2) is 0 Å². The molecule has 1 aromatic carbocycles. The van der Waals surface area contributed by atoms with Crippen LogP contribution in [0, 0.1) is 21.4 Å². The van der Waals surface area contributed by atoms with E-state index in [9.17, 15) is 15.2 Å². The summed E-state index contributed by atoms with van der Waals surface area (Å²) in [7, 11) is 0. The Bertz CT molecular complexity index is 643. The molecule has 1 aliphatic heterocycles. The van der Waals surface area contributed by atoms with Crippen molar-refractivity contribution in [3.05, 3.63) is 46.0 Å². The van der Waals surface area contributed by atoms with Gasteiger partial charge in [-0.1, -0.05) is 6.08 Å². The van der Waals surface area contributed by atoms with Crippen molar-refractivity contribution < 1.29 is 10.0 Å². The summed E-state index contributed by atoms with van der Waals surface area (Å²) in [6.45, 7) is 6.94. The molecule has 7 nitrogen and oxygen atoms in total. The third-order valence-electron chi connectivity index (χ3n) is 4.04. The van der Waals surface area contributed by atoms with E-state index in [0.717, 1.165) is 38.7 Å². The maximum absolute atomic E-state index is 11.2. The predicted molar refractivity (Wildman–Crippen MR) is 101 cm³/mol. The van der Waals surface area contributed by atoms with E-state index < -0.39 is 10.6 Å². The molecule has 9 heteroatoms. The van der Waals surface area contributed by atoms with Gasteiger partial charge in [0.1, 0.15) is 0 Å². The molecular formula is C16H22Cl2N4O3. The number of nitro benzene ring substituents is 1. The van der Waals surface area contributed by atoms with Gasteiger partial charge in [0.15, 0.2) is 5.75 Å². The molecule has 0 bridgehead atoms. The van der Waals surface area contributed by atoms with Crippen molar-refractivity contribution in [3.63, 3.8) is 0 Å². The van der Waals surface area contributed by atoms with Crippen LogP contribution >= 0.6 is 24.8 Å². The van der Waals surface area contributed by atoms with Gasteiger partial charge < -0.3 is 10.4 Å². The molecule has 0 saturated carbocycles. The zero-order valence-corrected chi connectivity index (χ0v) is 15.3. The molecule has 138 valence electrons. The van der Waals surface area contributed by atoms with Gasteiger partial charge in [0.25, 0.3) is 0 Å². The van der Waals surface area contributed by atoms with E-state index in [1.54, 1.807) is 12.1 Å². The lowest BCUT2D eigenvalue weighted by molar-refractivity contribution is -0.386. The van der Waals surface area contributed by atoms with E-state index in [2.05, 4.69) is 16.8 Å². The zero-order chi connectivity index (χ0) is 16.8. The molecule has 1 fully saturated rings. The number of aromatic hydroxyl groups is 1. The highest BCUT2D eigenvalue weighted by Gasteiger charge is 2.28. The average Bonchev–Trinajstić information content (AvgIpc) is 2.57. The Balaban J connectivity index is 0.00000288. The van der Waals surface area contributed by atoms with Crippen LogP contribution in [0.1, 0.15) is 30.0 Å². The topological polar surface area (TPSA) is 102 Å². The molecule has 1 saturated heterocycles. The fourth-order valence-corrected chi connectivity index (χ4v) is 2.90. The van der Waals surface area contributed by atoms with Gasteiger partial charge in [-0.2, -0.15) is 5.26 Å². The highest BCUT2D eigenvalue weighted by Crippen LogP contribution is 2.39. The first kappa shape index (κ1) is 23.1. The number of benzene rings is 1. The van der Waals surface area contributed by atoms with Gasteiger partial charge in [0.2, 0.25) is 0 Å². The molecule has 0 aliphatic carbocycles. The van der Waals surface area contributed by atoms with Gasteiger partial charge in [-0.05, 0) is 18.9 Å². The maximum Gasteiger partial charge on any atom is 0.312 e. The number of hydrogen-bond donors (Lipinski definition) is 2. The second kappa shape index (κ2) is 10.9. The van der Waals surface area contributed by atoms with Gasteiger partial charge >= 0.3 is 5.69 Å². The highest BCUT2D eigenvalue weighted by atomic mass is 35.5. The molecule has 0 radical (unpaired) electrons. The van der Waals surface area contributed by atoms with E-state index in [4.69, 9.17) is 5.26 Å². The van der Waals surface area contributed by atoms with E-state index in [-0.39, 0.29) is 42.2 Å². The Morgan fingerprint density at radius 1 is 1.44 bits per heavy atom. The molecule has 2 N–H and O–H groups in total. The molecule has 1 aromatic rings. The monoisotopic (exact) mass is 388 g/mol. The zero-order valence-electron chi connectivity index (χ0n) is 13.7. The van der Waals surface area contributed by atoms with Gasteiger partial charge in [-0.15, -0.1) is 31.4 Å². The fraction of sp³-hybridized carbons (Fsp3) is 0.438. The molecule has 1 atom stereocenters. The van der Waals surface area contributed by atoms with E-state index >= 15 is 0 Å². The lowest BCUT2D eigenvalue weighted by atomic mass is 9.96. The van der Waals surface area contributed by atoms with Crippen LogP contribution in [0.5, 0.6) is 5.75 Å². The Kier molecular flexibility index (Phi) is 10.1. The van der Waals surface area contributed by atoms with E-state index in [1.165, 1.54) is 0 Å². The second-order valence-corrected chi connectivity index (χ2v) is 5.47. The Hall–Kier alpha value is -1.85. The molecule has 0 unspecified atom stereocenters. The average molecular weight is 389 g/mol. The molecule has 25 heavy (non-hydrogen) atoms. The Labute approximate surface area is 159 Å². The minimum absolute atomic E-state index is 0. The summed E-state index contributed by atoms with van der Waals surface area (Å²) in [5.74, 6) is -0.346. The number of phenols is 1. The summed E-state index contributed by atoms with van der Waals surface area (Å²) >= 11 is 0. The predicted octanol–water partition coefficient (Wildman–Crippen LogP) is 2.93. The number of hydrogen-bond acceptors (Lipinski definition) is 6. The summed E-state index contributed by atoms with van der Waals surface area (Å²) in [5.41, 5.74) is 0.209. The van der Waals surface area contributed by atoms with Crippen molar-refractivity contribution in [2.75, 3.05) is 26.2 Å². The van der Waals surface area contributed by atoms with Crippen molar-refractivity contribution in [2.45, 2.75) is 18.9 Å². The normalized spacial score (nSPS) is 15.2. The van der Waals surface area contributed by atoms with Crippen LogP contribution in [0.4, 0.5) is 5.69 Å². The number of nitrogens with one attached hydrogen (secondary N) is 1. The SMILES string of the molecule is C=CCC[C@@H](c1cc(C#N)cc([N+](=O)[O-])c1O)N1CCNCC1.Cl.Cl. The minimum atomic E-state index is -0.651. The molecule has 0 spiro atoms. The first-order valence-electron chi connectivity index (χ1n) is 7.55. The Morgan fingerprint density at radius 2 is 2.08 bits per heavy atom. The molecule has 2 rings (SSSR count). The van der Waals surface area contributed by atoms with Crippen molar-refractivity contribution in [3.8, 4) is 11.8 Å². The number of halogens is 2. The quantitative estimate of drug-likeness (QED) is 0.441. The number of piperazine rings is 1. The van der Waals surface area contributed by atoms with Crippen LogP contribution in [0.2, 0.25) is 0 Å². The molecule has 0 amide bonds. The molecule has 1 aliphatic rings. The minimum Gasteiger partial charge on any atom is -0.502 e. The maximum atomic E-state index is 11.2. The summed E-state index contributed by atoms with van der Waals surface area (Å²) in [6, 6.07) is 4.42. The molecular weight excluding hydrogens is 367 g/mol. The smallest absolute Gasteiger partial charge is 0.312 e. The van der Waals surface area contributed by atoms with E-state index in [1.807, 2.05) is 6.07 Å². The van der Waals surface area contributed by atoms with Crippen LogP contribution in [0.3, 0.4) is 0 Å². The van der Waals surface area contributed by atoms with Crippen molar-refractivity contribution >= 4 is 30.5 Å². The molecule has 0 aromatic heterocycles. The van der Waals surface area contributed by atoms with Crippen molar-refractivity contribution in [1.29, 1.82) is 5.26 Å². The first-order chi connectivity index (χ1) is 11.1. The third kappa shape index (κ3) is 5.58. The number of nitriles is 1. The number of rotatable bonds is 6. The number of nitro groups is 1. The summed E-state index contributed by atoms with van der Waals surface area (Å²) in [4.78, 5) is 12.7. The van der Waals surface area contributed by atoms with Crippen LogP contribution < -0.4 is 5.32 Å². The second-order valence-electron chi connectivity index (χ2n) is 5.47. The number of nitrogens with zero attached hydrogens (tertiary/aromatic N) is 3. The van der Waals surface area contributed by atoms with Crippen molar-refractivity contribution in [1.82, 2.24) is 10.2 Å². The number of phenolic OH excluding ortho intramolecular Hbond substituents is 1. The fourth-order valence-electron chi connectivity index (χ4n) is 2.90. The lowest BCUT2D eigenvalue weighted by Crippen LogP contribution is -2.45. The van der Waals surface area contributed by atoms with Crippen LogP contribution in [0.25, 0.3) is 0 Å². The van der Waals surface area contributed by atoms with Gasteiger partial charge in [-0.3, -0.25) is 15.0 Å². The summed E-state index contributed by atoms with van der Waals surface area (Å²) in [5, 5.41) is 33.9. The van der Waals surface area contributed by atoms with E-state index in [0.29, 0.717) is 12.0 Å². The Morgan fingerprint density at radius 3 is 2.60 bits per heavy atom. The number of allylic oxidation sites excluding steroid dienone is 1. The van der Waals surface area contributed by atoms with Crippen LogP contribution in [-0.2, 0) is 0 Å². The first-order valence-corrected chi connectivity index (χ1v) is 7.55. The lowest BCUT2D eigenvalue weighted by Gasteiger charge is -2.35. The molecule has 1 heterocycles. The van der Waals surface area contributed by atoms with Crippen LogP contribution in [-0.4, -0.2) is 41.1 Å². The van der Waals surface area contributed by atoms with Gasteiger partial charge in [0, 0.05) is 43.9 Å². The largest absolute Gasteiger partial charge is 0.502 e. The van der Waals surface area contributed by atoms with Crippen LogP contribution in [0.15, 0.2) is 24.8 Å². The van der Waals surface area contributed by atoms with Crippen molar-refractivity contribution in [2.24, 2.45) is 0 Å².